The minimum atomic E-state index is -0.817. The number of hydrogen-bond acceptors (Lipinski definition) is 5. The molecule has 1 aromatic heterocycles. The normalized spacial score (nSPS) is 15.2. The van der Waals surface area contributed by atoms with Crippen LogP contribution in [0.2, 0.25) is 0 Å². The molecule has 20 heavy (non-hydrogen) atoms. The van der Waals surface area contributed by atoms with Gasteiger partial charge < -0.3 is 10.2 Å². The Morgan fingerprint density at radius 1 is 1.05 bits per heavy atom. The van der Waals surface area contributed by atoms with Crippen LogP contribution in [0.1, 0.15) is 50.2 Å². The first-order valence-electron chi connectivity index (χ1n) is 6.43. The molecule has 0 aliphatic carbocycles. The fourth-order valence-electron chi connectivity index (χ4n) is 1.82. The van der Waals surface area contributed by atoms with E-state index in [1.54, 1.807) is 13.8 Å². The third-order valence-electron chi connectivity index (χ3n) is 2.88. The summed E-state index contributed by atoms with van der Waals surface area (Å²) in [6, 6.07) is 9.65. The molecule has 2 unspecified atom stereocenters. The molecule has 2 atom stereocenters. The van der Waals surface area contributed by atoms with E-state index in [-0.39, 0.29) is 0 Å². The van der Waals surface area contributed by atoms with Crippen molar-refractivity contribution < 1.29 is 10.2 Å². The molecule has 0 spiro atoms. The largest absolute Gasteiger partial charge is 0.385 e. The Morgan fingerprint density at radius 3 is 2.00 bits per heavy atom. The van der Waals surface area contributed by atoms with Crippen molar-refractivity contribution in [2.75, 3.05) is 0 Å². The highest BCUT2D eigenvalue weighted by Gasteiger charge is 2.19. The summed E-state index contributed by atoms with van der Waals surface area (Å²) in [5.74, 6) is 0.604. The third-order valence-corrected chi connectivity index (χ3v) is 2.88. The SMILES string of the molecule is CC(=Nn1c(C(C)O)nnc1C(C)O)c1ccccc1. The molecule has 0 fully saturated rings. The van der Waals surface area contributed by atoms with Crippen LogP contribution in [0.5, 0.6) is 0 Å². The summed E-state index contributed by atoms with van der Waals surface area (Å²) in [6.45, 7) is 5.02. The minimum Gasteiger partial charge on any atom is -0.385 e. The molecule has 2 N–H and O–H groups in total. The van der Waals surface area contributed by atoms with Gasteiger partial charge in [-0.2, -0.15) is 9.78 Å². The predicted octanol–water partition coefficient (Wildman–Crippen LogP) is 1.66. The van der Waals surface area contributed by atoms with Gasteiger partial charge in [0, 0.05) is 0 Å². The average molecular weight is 274 g/mol. The van der Waals surface area contributed by atoms with Gasteiger partial charge in [-0.05, 0) is 26.3 Å². The monoisotopic (exact) mass is 274 g/mol. The number of aliphatic hydroxyl groups excluding tert-OH is 2. The fourth-order valence-corrected chi connectivity index (χ4v) is 1.82. The van der Waals surface area contributed by atoms with Crippen molar-refractivity contribution in [3.05, 3.63) is 47.5 Å². The molecule has 0 amide bonds. The van der Waals surface area contributed by atoms with E-state index in [0.29, 0.717) is 11.6 Å². The quantitative estimate of drug-likeness (QED) is 0.830. The summed E-state index contributed by atoms with van der Waals surface area (Å²) in [5, 5.41) is 31.6. The molecular weight excluding hydrogens is 256 g/mol. The van der Waals surface area contributed by atoms with E-state index >= 15 is 0 Å². The lowest BCUT2D eigenvalue weighted by molar-refractivity contribution is 0.174. The Morgan fingerprint density at radius 2 is 1.55 bits per heavy atom. The van der Waals surface area contributed by atoms with E-state index in [9.17, 15) is 10.2 Å². The molecule has 0 saturated heterocycles. The third kappa shape index (κ3) is 2.92. The molecule has 1 aromatic carbocycles. The second-order valence-electron chi connectivity index (χ2n) is 4.63. The van der Waals surface area contributed by atoms with Gasteiger partial charge >= 0.3 is 0 Å². The molecule has 6 heteroatoms. The van der Waals surface area contributed by atoms with Crippen molar-refractivity contribution in [3.8, 4) is 0 Å². The van der Waals surface area contributed by atoms with Gasteiger partial charge in [0.15, 0.2) is 11.6 Å². The number of hydrogen-bond donors (Lipinski definition) is 2. The zero-order chi connectivity index (χ0) is 14.7. The number of aliphatic hydroxyl groups is 2. The van der Waals surface area contributed by atoms with Gasteiger partial charge in [-0.1, -0.05) is 30.3 Å². The molecule has 106 valence electrons. The Bertz CT molecular complexity index is 577. The molecule has 2 aromatic rings. The molecule has 2 rings (SSSR count). The van der Waals surface area contributed by atoms with Crippen LogP contribution < -0.4 is 0 Å². The van der Waals surface area contributed by atoms with E-state index < -0.39 is 12.2 Å². The highest BCUT2D eigenvalue weighted by Crippen LogP contribution is 2.17. The zero-order valence-corrected chi connectivity index (χ0v) is 11.7. The lowest BCUT2D eigenvalue weighted by Gasteiger charge is -2.09. The number of benzene rings is 1. The number of nitrogens with zero attached hydrogens (tertiary/aromatic N) is 4. The van der Waals surface area contributed by atoms with Crippen molar-refractivity contribution >= 4 is 5.71 Å². The van der Waals surface area contributed by atoms with Gasteiger partial charge in [-0.3, -0.25) is 0 Å². The van der Waals surface area contributed by atoms with Crippen LogP contribution >= 0.6 is 0 Å². The van der Waals surface area contributed by atoms with Crippen LogP contribution in [-0.2, 0) is 0 Å². The van der Waals surface area contributed by atoms with Crippen molar-refractivity contribution in [3.63, 3.8) is 0 Å². The van der Waals surface area contributed by atoms with Crippen LogP contribution in [-0.4, -0.2) is 30.8 Å². The molecular formula is C14H18N4O2. The van der Waals surface area contributed by atoms with Crippen molar-refractivity contribution in [1.29, 1.82) is 0 Å². The zero-order valence-electron chi connectivity index (χ0n) is 11.7. The number of aromatic nitrogens is 3. The average Bonchev–Trinajstić information content (AvgIpc) is 2.83. The van der Waals surface area contributed by atoms with Gasteiger partial charge in [-0.15, -0.1) is 10.2 Å². The topological polar surface area (TPSA) is 83.5 Å². The maximum absolute atomic E-state index is 9.71. The van der Waals surface area contributed by atoms with E-state index in [0.717, 1.165) is 11.3 Å². The Labute approximate surface area is 117 Å². The molecule has 0 bridgehead atoms. The Hall–Kier alpha value is -2.05. The Balaban J connectivity index is 2.49. The molecule has 6 nitrogen and oxygen atoms in total. The molecule has 0 aliphatic heterocycles. The summed E-state index contributed by atoms with van der Waals surface area (Å²) in [5.41, 5.74) is 1.70. The van der Waals surface area contributed by atoms with E-state index in [1.807, 2.05) is 37.3 Å². The first kappa shape index (κ1) is 14.4. The van der Waals surface area contributed by atoms with Crippen LogP contribution in [0.25, 0.3) is 0 Å². The Kier molecular flexibility index (Phi) is 4.26. The standard InChI is InChI=1S/C14H18N4O2/c1-9(12-7-5-4-6-8-12)17-18-13(10(2)19)15-16-14(18)11(3)20/h4-8,10-11,19-20H,1-3H3. The first-order valence-corrected chi connectivity index (χ1v) is 6.43. The smallest absolute Gasteiger partial charge is 0.182 e. The molecule has 0 aliphatic rings. The van der Waals surface area contributed by atoms with E-state index in [4.69, 9.17) is 0 Å². The second kappa shape index (κ2) is 5.94. The van der Waals surface area contributed by atoms with Crippen molar-refractivity contribution in [2.24, 2.45) is 5.10 Å². The molecule has 0 radical (unpaired) electrons. The highest BCUT2D eigenvalue weighted by molar-refractivity contribution is 5.98. The summed E-state index contributed by atoms with van der Waals surface area (Å²) in [7, 11) is 0. The first-order chi connectivity index (χ1) is 9.50. The van der Waals surface area contributed by atoms with Gasteiger partial charge in [0.25, 0.3) is 0 Å². The van der Waals surface area contributed by atoms with Crippen LogP contribution in [0.15, 0.2) is 35.4 Å². The van der Waals surface area contributed by atoms with Crippen molar-refractivity contribution in [1.82, 2.24) is 14.9 Å². The predicted molar refractivity (Wildman–Crippen MR) is 75.3 cm³/mol. The number of rotatable bonds is 4. The maximum Gasteiger partial charge on any atom is 0.182 e. The summed E-state index contributed by atoms with van der Waals surface area (Å²) in [4.78, 5) is 0. The van der Waals surface area contributed by atoms with Gasteiger partial charge in [0.2, 0.25) is 0 Å². The minimum absolute atomic E-state index is 0.302. The second-order valence-corrected chi connectivity index (χ2v) is 4.63. The lowest BCUT2D eigenvalue weighted by Crippen LogP contribution is -2.10. The van der Waals surface area contributed by atoms with Gasteiger partial charge in [-0.25, -0.2) is 0 Å². The summed E-state index contributed by atoms with van der Waals surface area (Å²) < 4.78 is 1.40. The van der Waals surface area contributed by atoms with E-state index in [2.05, 4.69) is 15.3 Å². The van der Waals surface area contributed by atoms with Crippen LogP contribution in [0.4, 0.5) is 0 Å². The highest BCUT2D eigenvalue weighted by atomic mass is 16.3. The van der Waals surface area contributed by atoms with Crippen LogP contribution in [0.3, 0.4) is 0 Å². The maximum atomic E-state index is 9.71. The van der Waals surface area contributed by atoms with Gasteiger partial charge in [0.05, 0.1) is 5.71 Å². The fraction of sp³-hybridized carbons (Fsp3) is 0.357. The van der Waals surface area contributed by atoms with E-state index in [1.165, 1.54) is 4.68 Å². The van der Waals surface area contributed by atoms with Crippen LogP contribution in [0, 0.1) is 0 Å². The van der Waals surface area contributed by atoms with Crippen molar-refractivity contribution in [2.45, 2.75) is 33.0 Å². The molecule has 1 heterocycles. The van der Waals surface area contributed by atoms with Gasteiger partial charge in [0.1, 0.15) is 12.2 Å². The lowest BCUT2D eigenvalue weighted by atomic mass is 10.1. The summed E-state index contributed by atoms with van der Waals surface area (Å²) >= 11 is 0. The summed E-state index contributed by atoms with van der Waals surface area (Å²) in [6.07, 6.45) is -1.63. The molecule has 0 saturated carbocycles.